The van der Waals surface area contributed by atoms with E-state index in [0.29, 0.717) is 4.47 Å². The molecule has 0 aliphatic heterocycles. The van der Waals surface area contributed by atoms with Crippen LogP contribution in [0, 0.1) is 0 Å². The van der Waals surface area contributed by atoms with Crippen molar-refractivity contribution < 1.29 is 13.2 Å². The molecule has 0 amide bonds. The molecule has 10 heteroatoms. The highest BCUT2D eigenvalue weighted by Crippen LogP contribution is 2.36. The van der Waals surface area contributed by atoms with E-state index in [1.807, 2.05) is 32.3 Å². The zero-order valence-corrected chi connectivity index (χ0v) is 21.8. The fraction of sp³-hybridized carbons (Fsp3) is 0.360. The van der Waals surface area contributed by atoms with Gasteiger partial charge in [0.15, 0.2) is 5.11 Å². The highest BCUT2D eigenvalue weighted by molar-refractivity contribution is 9.10. The monoisotopic (exact) mass is 565 g/mol. The third-order valence-electron chi connectivity index (χ3n) is 6.13. The van der Waals surface area contributed by atoms with Crippen molar-refractivity contribution in [1.82, 2.24) is 10.3 Å². The van der Waals surface area contributed by atoms with Crippen LogP contribution in [0.15, 0.2) is 53.0 Å². The molecule has 1 aliphatic carbocycles. The first kappa shape index (κ1) is 25.5. The average Bonchev–Trinajstić information content (AvgIpc) is 2.80. The molecule has 1 heterocycles. The summed E-state index contributed by atoms with van der Waals surface area (Å²) in [5.74, 6) is 0.843. The molecule has 35 heavy (non-hydrogen) atoms. The summed E-state index contributed by atoms with van der Waals surface area (Å²) in [6.07, 6.45) is -0.981. The highest BCUT2D eigenvalue weighted by atomic mass is 79.9. The molecule has 3 N–H and O–H groups in total. The van der Waals surface area contributed by atoms with Crippen LogP contribution < -0.4 is 20.9 Å². The maximum atomic E-state index is 13.4. The van der Waals surface area contributed by atoms with Gasteiger partial charge in [0, 0.05) is 47.8 Å². The van der Waals surface area contributed by atoms with Crippen molar-refractivity contribution in [3.05, 3.63) is 58.6 Å². The molecule has 0 saturated heterocycles. The van der Waals surface area contributed by atoms with Gasteiger partial charge in [0.25, 0.3) is 0 Å². The van der Waals surface area contributed by atoms with Gasteiger partial charge in [-0.1, -0.05) is 34.1 Å². The Balaban J connectivity index is 1.34. The molecule has 0 bridgehead atoms. The summed E-state index contributed by atoms with van der Waals surface area (Å²) in [4.78, 5) is 6.86. The fourth-order valence-electron chi connectivity index (χ4n) is 4.40. The summed E-state index contributed by atoms with van der Waals surface area (Å²) >= 11 is 8.42. The van der Waals surface area contributed by atoms with E-state index in [1.165, 1.54) is 6.07 Å². The van der Waals surface area contributed by atoms with E-state index in [0.717, 1.165) is 54.2 Å². The summed E-state index contributed by atoms with van der Waals surface area (Å²) < 4.78 is 40.5. The number of alkyl halides is 3. The standard InChI is InChI=1S/C25H27BrF3N5S/c1-34(2)22-14-23(32-20-6-4-3-5-18(20)22)30-16-8-10-17(11-9-16)31-24(35)33-21-12-7-15(26)13-19(21)25(27,28)29/h3-7,12-14,16-17H,8-11H2,1-2H3,(H,30,32)(H2,31,33,35). The second-order valence-electron chi connectivity index (χ2n) is 8.92. The Morgan fingerprint density at radius 2 is 1.71 bits per heavy atom. The normalized spacial score (nSPS) is 18.2. The Bertz CT molecular complexity index is 1210. The molecular weight excluding hydrogens is 539 g/mol. The van der Waals surface area contributed by atoms with Crippen molar-refractivity contribution in [2.24, 2.45) is 0 Å². The van der Waals surface area contributed by atoms with Crippen LogP contribution >= 0.6 is 28.1 Å². The number of pyridine rings is 1. The first-order chi connectivity index (χ1) is 16.6. The van der Waals surface area contributed by atoms with Crippen LogP contribution in [0.4, 0.5) is 30.4 Å². The molecule has 0 unspecified atom stereocenters. The Kier molecular flexibility index (Phi) is 7.70. The Morgan fingerprint density at radius 3 is 2.40 bits per heavy atom. The van der Waals surface area contributed by atoms with Crippen LogP contribution in [0.1, 0.15) is 31.2 Å². The van der Waals surface area contributed by atoms with Gasteiger partial charge in [0.2, 0.25) is 0 Å². The van der Waals surface area contributed by atoms with Crippen molar-refractivity contribution in [2.45, 2.75) is 43.9 Å². The average molecular weight is 566 g/mol. The molecule has 5 nitrogen and oxygen atoms in total. The van der Waals surface area contributed by atoms with Gasteiger partial charge in [-0.25, -0.2) is 4.98 Å². The largest absolute Gasteiger partial charge is 0.418 e. The molecule has 3 aromatic rings. The molecule has 0 radical (unpaired) electrons. The lowest BCUT2D eigenvalue weighted by Gasteiger charge is -2.31. The molecule has 4 rings (SSSR count). The fourth-order valence-corrected chi connectivity index (χ4v) is 5.03. The minimum atomic E-state index is -4.48. The van der Waals surface area contributed by atoms with Crippen molar-refractivity contribution in [2.75, 3.05) is 29.6 Å². The molecule has 186 valence electrons. The number of hydrogen-bond acceptors (Lipinski definition) is 4. The van der Waals surface area contributed by atoms with Gasteiger partial charge in [-0.15, -0.1) is 0 Å². The van der Waals surface area contributed by atoms with Crippen molar-refractivity contribution >= 4 is 61.4 Å². The first-order valence-electron chi connectivity index (χ1n) is 11.4. The maximum Gasteiger partial charge on any atom is 0.418 e. The zero-order chi connectivity index (χ0) is 25.2. The van der Waals surface area contributed by atoms with Crippen LogP contribution in [0.25, 0.3) is 10.9 Å². The van der Waals surface area contributed by atoms with E-state index >= 15 is 0 Å². The summed E-state index contributed by atoms with van der Waals surface area (Å²) in [5.41, 5.74) is 1.23. The third kappa shape index (κ3) is 6.35. The number of nitrogens with zero attached hydrogens (tertiary/aromatic N) is 2. The second kappa shape index (κ2) is 10.6. The molecule has 1 aromatic heterocycles. The summed E-state index contributed by atoms with van der Waals surface area (Å²) in [7, 11) is 4.04. The predicted molar refractivity (Wildman–Crippen MR) is 144 cm³/mol. The number of benzene rings is 2. The van der Waals surface area contributed by atoms with Crippen LogP contribution in [-0.4, -0.2) is 36.3 Å². The van der Waals surface area contributed by atoms with Crippen molar-refractivity contribution in [3.63, 3.8) is 0 Å². The smallest absolute Gasteiger partial charge is 0.377 e. The van der Waals surface area contributed by atoms with Gasteiger partial charge in [-0.2, -0.15) is 13.2 Å². The van der Waals surface area contributed by atoms with Crippen molar-refractivity contribution in [1.29, 1.82) is 0 Å². The molecule has 0 atom stereocenters. The van der Waals surface area contributed by atoms with E-state index < -0.39 is 11.7 Å². The van der Waals surface area contributed by atoms with Crippen LogP contribution in [0.3, 0.4) is 0 Å². The molecule has 1 saturated carbocycles. The molecule has 1 fully saturated rings. The highest BCUT2D eigenvalue weighted by Gasteiger charge is 2.34. The molecule has 0 spiro atoms. The summed E-state index contributed by atoms with van der Waals surface area (Å²) in [6.45, 7) is 0. The van der Waals surface area contributed by atoms with Gasteiger partial charge >= 0.3 is 6.18 Å². The minimum absolute atomic E-state index is 0.0624. The summed E-state index contributed by atoms with van der Waals surface area (Å²) in [5, 5.41) is 10.8. The minimum Gasteiger partial charge on any atom is -0.377 e. The number of para-hydroxylation sites is 1. The quantitative estimate of drug-likeness (QED) is 0.296. The SMILES string of the molecule is CN(C)c1cc(NC2CCC(NC(=S)Nc3ccc(Br)cc3C(F)(F)F)CC2)nc2ccccc12. The number of fused-ring (bicyclic) bond motifs is 1. The molecule has 2 aromatic carbocycles. The number of hydrogen-bond donors (Lipinski definition) is 3. The van der Waals surface area contributed by atoms with Crippen LogP contribution in [0.2, 0.25) is 0 Å². The van der Waals surface area contributed by atoms with Gasteiger partial charge < -0.3 is 20.9 Å². The van der Waals surface area contributed by atoms with Gasteiger partial charge in [-0.05, 0) is 62.2 Å². The lowest BCUT2D eigenvalue weighted by molar-refractivity contribution is -0.136. The number of halogens is 4. The topological polar surface area (TPSA) is 52.2 Å². The number of aromatic nitrogens is 1. The van der Waals surface area contributed by atoms with Crippen LogP contribution in [-0.2, 0) is 6.18 Å². The van der Waals surface area contributed by atoms with E-state index in [-0.39, 0.29) is 22.9 Å². The van der Waals surface area contributed by atoms with Gasteiger partial charge in [-0.3, -0.25) is 0 Å². The number of anilines is 3. The predicted octanol–water partition coefficient (Wildman–Crippen LogP) is 6.79. The van der Waals surface area contributed by atoms with E-state index in [1.54, 1.807) is 6.07 Å². The zero-order valence-electron chi connectivity index (χ0n) is 19.4. The third-order valence-corrected chi connectivity index (χ3v) is 6.84. The van der Waals surface area contributed by atoms with E-state index in [9.17, 15) is 13.2 Å². The summed E-state index contributed by atoms with van der Waals surface area (Å²) in [6, 6.07) is 14.5. The van der Waals surface area contributed by atoms with E-state index in [4.69, 9.17) is 17.2 Å². The maximum absolute atomic E-state index is 13.4. The number of rotatable bonds is 5. The second-order valence-corrected chi connectivity index (χ2v) is 10.2. The Labute approximate surface area is 216 Å². The molecule has 1 aliphatic rings. The Morgan fingerprint density at radius 1 is 1.03 bits per heavy atom. The molecular formula is C25H27BrF3N5S. The van der Waals surface area contributed by atoms with Crippen molar-refractivity contribution in [3.8, 4) is 0 Å². The van der Waals surface area contributed by atoms with Crippen LogP contribution in [0.5, 0.6) is 0 Å². The number of thiocarbonyl (C=S) groups is 1. The lowest BCUT2D eigenvalue weighted by Crippen LogP contribution is -2.42. The Hall–Kier alpha value is -2.59. The van der Waals surface area contributed by atoms with Gasteiger partial charge in [0.1, 0.15) is 5.82 Å². The first-order valence-corrected chi connectivity index (χ1v) is 12.6. The lowest BCUT2D eigenvalue weighted by atomic mass is 9.91. The van der Waals surface area contributed by atoms with E-state index in [2.05, 4.69) is 48.9 Å². The number of nitrogens with one attached hydrogen (secondary N) is 3. The van der Waals surface area contributed by atoms with Gasteiger partial charge in [0.05, 0.1) is 16.8 Å².